The average Bonchev–Trinajstić information content (AvgIpc) is 3.31. The first-order valence-corrected chi connectivity index (χ1v) is 7.80. The van der Waals surface area contributed by atoms with Crippen molar-refractivity contribution in [3.05, 3.63) is 52.8 Å². The minimum atomic E-state index is -4.43. The smallest absolute Gasteiger partial charge is 0.273 e. The molecule has 1 aliphatic rings. The van der Waals surface area contributed by atoms with Crippen molar-refractivity contribution < 1.29 is 18.0 Å². The van der Waals surface area contributed by atoms with Gasteiger partial charge in [0.05, 0.1) is 5.56 Å². The summed E-state index contributed by atoms with van der Waals surface area (Å²) in [4.78, 5) is 20.4. The third-order valence-electron chi connectivity index (χ3n) is 4.07. The van der Waals surface area contributed by atoms with E-state index in [1.807, 2.05) is 0 Å². The molecule has 0 unspecified atom stereocenters. The summed E-state index contributed by atoms with van der Waals surface area (Å²) in [7, 11) is 0. The van der Waals surface area contributed by atoms with E-state index in [1.54, 1.807) is 26.0 Å². The van der Waals surface area contributed by atoms with Crippen molar-refractivity contribution in [3.63, 3.8) is 0 Å². The highest BCUT2D eigenvalue weighted by molar-refractivity contribution is 5.83. The van der Waals surface area contributed by atoms with Crippen LogP contribution in [0.3, 0.4) is 0 Å². The summed E-state index contributed by atoms with van der Waals surface area (Å²) in [6, 6.07) is 7.17. The van der Waals surface area contributed by atoms with Crippen molar-refractivity contribution in [1.82, 2.24) is 15.4 Å². The number of alkyl halides is 3. The zero-order valence-electron chi connectivity index (χ0n) is 13.7. The van der Waals surface area contributed by atoms with Gasteiger partial charge in [-0.2, -0.15) is 13.2 Å². The Balaban J connectivity index is 1.65. The maximum atomic E-state index is 13.1. The van der Waals surface area contributed by atoms with Crippen molar-refractivity contribution in [2.45, 2.75) is 32.4 Å². The van der Waals surface area contributed by atoms with Crippen LogP contribution in [0.25, 0.3) is 0 Å². The fraction of sp³-hybridized carbons (Fsp3) is 0.353. The minimum Gasteiger partial charge on any atom is -0.273 e. The van der Waals surface area contributed by atoms with Gasteiger partial charge < -0.3 is 0 Å². The van der Waals surface area contributed by atoms with Gasteiger partial charge in [-0.1, -0.05) is 18.2 Å². The van der Waals surface area contributed by atoms with Gasteiger partial charge in [-0.25, -0.2) is 9.97 Å². The third-order valence-corrected chi connectivity index (χ3v) is 4.07. The molecule has 0 saturated heterocycles. The Morgan fingerprint density at radius 2 is 1.80 bits per heavy atom. The summed E-state index contributed by atoms with van der Waals surface area (Å²) in [6.07, 6.45) is -4.04. The largest absolute Gasteiger partial charge is 0.416 e. The first-order chi connectivity index (χ1) is 11.8. The quantitative estimate of drug-likeness (QED) is 0.830. The summed E-state index contributed by atoms with van der Waals surface area (Å²) in [5.74, 6) is -1.05. The van der Waals surface area contributed by atoms with E-state index in [-0.39, 0.29) is 17.4 Å². The molecule has 1 aromatic carbocycles. The van der Waals surface area contributed by atoms with E-state index in [0.717, 1.165) is 17.5 Å². The maximum absolute atomic E-state index is 13.1. The molecule has 25 heavy (non-hydrogen) atoms. The second kappa shape index (κ2) is 6.34. The van der Waals surface area contributed by atoms with Crippen LogP contribution in [0.4, 0.5) is 19.1 Å². The monoisotopic (exact) mass is 350 g/mol. The number of nitrogens with one attached hydrogen (secondary N) is 2. The lowest BCUT2D eigenvalue weighted by molar-refractivity contribution is -0.138. The van der Waals surface area contributed by atoms with Gasteiger partial charge in [0.2, 0.25) is 11.9 Å². The van der Waals surface area contributed by atoms with Crippen LogP contribution in [0.2, 0.25) is 0 Å². The lowest BCUT2D eigenvalue weighted by Crippen LogP contribution is -2.32. The Morgan fingerprint density at radius 1 is 1.16 bits per heavy atom. The first-order valence-electron chi connectivity index (χ1n) is 7.80. The van der Waals surface area contributed by atoms with Crippen LogP contribution in [0.1, 0.15) is 34.9 Å². The van der Waals surface area contributed by atoms with Crippen molar-refractivity contribution in [2.24, 2.45) is 5.92 Å². The van der Waals surface area contributed by atoms with Gasteiger partial charge in [0.1, 0.15) is 0 Å². The van der Waals surface area contributed by atoms with Crippen molar-refractivity contribution >= 4 is 11.9 Å². The van der Waals surface area contributed by atoms with Gasteiger partial charge in [-0.15, -0.1) is 0 Å². The molecule has 8 heteroatoms. The predicted molar refractivity (Wildman–Crippen MR) is 85.6 cm³/mol. The number of aromatic nitrogens is 2. The molecule has 1 amide bonds. The Labute approximate surface area is 142 Å². The molecule has 1 heterocycles. The molecule has 2 atom stereocenters. The fourth-order valence-corrected chi connectivity index (χ4v) is 2.90. The fourth-order valence-electron chi connectivity index (χ4n) is 2.90. The number of carbonyl (C=O) groups excluding carboxylic acids is 1. The second-order valence-corrected chi connectivity index (χ2v) is 6.12. The Bertz CT molecular complexity index is 786. The van der Waals surface area contributed by atoms with Crippen molar-refractivity contribution in [2.75, 3.05) is 5.43 Å². The highest BCUT2D eigenvalue weighted by Crippen LogP contribution is 2.50. The second-order valence-electron chi connectivity index (χ2n) is 6.12. The van der Waals surface area contributed by atoms with Gasteiger partial charge in [0, 0.05) is 17.3 Å². The van der Waals surface area contributed by atoms with E-state index in [2.05, 4.69) is 20.8 Å². The SMILES string of the molecule is Cc1cc(C)nc(NNC(=O)[C@H]2C[C@H]2c2ccccc2C(F)(F)F)n1. The molecular formula is C17H17F3N4O. The highest BCUT2D eigenvalue weighted by atomic mass is 19.4. The van der Waals surface area contributed by atoms with Crippen molar-refractivity contribution in [1.29, 1.82) is 0 Å². The Morgan fingerprint density at radius 3 is 2.44 bits per heavy atom. The predicted octanol–water partition coefficient (Wildman–Crippen LogP) is 3.36. The number of nitrogens with zero attached hydrogens (tertiary/aromatic N) is 2. The van der Waals surface area contributed by atoms with Crippen LogP contribution in [0, 0.1) is 19.8 Å². The Hall–Kier alpha value is -2.64. The molecule has 0 bridgehead atoms. The summed E-state index contributed by atoms with van der Waals surface area (Å²) in [5.41, 5.74) is 6.07. The molecule has 5 nitrogen and oxygen atoms in total. The molecule has 2 aromatic rings. The van der Waals surface area contributed by atoms with E-state index in [9.17, 15) is 18.0 Å². The van der Waals surface area contributed by atoms with E-state index >= 15 is 0 Å². The lowest BCUT2D eigenvalue weighted by atomic mass is 10.0. The molecule has 1 aromatic heterocycles. The number of carbonyl (C=O) groups is 1. The van der Waals surface area contributed by atoms with E-state index in [4.69, 9.17) is 0 Å². The highest BCUT2D eigenvalue weighted by Gasteiger charge is 2.47. The standard InChI is InChI=1S/C17H17F3N4O/c1-9-7-10(2)22-16(21-9)24-23-15(25)13-8-12(13)11-5-3-4-6-14(11)17(18,19)20/h3-7,12-13H,8H2,1-2H3,(H,23,25)(H,21,22,24)/t12-,13-/m0/s1. The first kappa shape index (κ1) is 17.2. The average molecular weight is 350 g/mol. The molecule has 0 radical (unpaired) electrons. The minimum absolute atomic E-state index is 0.165. The molecule has 3 rings (SSSR count). The lowest BCUT2D eigenvalue weighted by Gasteiger charge is -2.12. The van der Waals surface area contributed by atoms with E-state index < -0.39 is 23.6 Å². The van der Waals surface area contributed by atoms with E-state index in [1.165, 1.54) is 12.1 Å². The maximum Gasteiger partial charge on any atom is 0.416 e. The molecule has 1 aliphatic carbocycles. The molecule has 1 saturated carbocycles. The van der Waals surface area contributed by atoms with Crippen LogP contribution < -0.4 is 10.9 Å². The number of anilines is 1. The zero-order valence-corrected chi connectivity index (χ0v) is 13.7. The molecular weight excluding hydrogens is 333 g/mol. The van der Waals surface area contributed by atoms with E-state index in [0.29, 0.717) is 6.42 Å². The van der Waals surface area contributed by atoms with Crippen LogP contribution in [0.15, 0.2) is 30.3 Å². The topological polar surface area (TPSA) is 66.9 Å². The molecule has 0 aliphatic heterocycles. The number of benzene rings is 1. The summed E-state index contributed by atoms with van der Waals surface area (Å²) in [6.45, 7) is 3.60. The number of halogens is 3. The summed E-state index contributed by atoms with van der Waals surface area (Å²) >= 11 is 0. The number of hydrogen-bond donors (Lipinski definition) is 2. The van der Waals surface area contributed by atoms with Gasteiger partial charge >= 0.3 is 6.18 Å². The normalized spacial score (nSPS) is 19.4. The van der Waals surface area contributed by atoms with Crippen LogP contribution >= 0.6 is 0 Å². The molecule has 132 valence electrons. The third kappa shape index (κ3) is 3.89. The number of hydrazine groups is 1. The van der Waals surface area contributed by atoms with Crippen LogP contribution in [-0.4, -0.2) is 15.9 Å². The number of rotatable bonds is 4. The van der Waals surface area contributed by atoms with Crippen molar-refractivity contribution in [3.8, 4) is 0 Å². The summed E-state index contributed by atoms with van der Waals surface area (Å²) < 4.78 is 39.2. The van der Waals surface area contributed by atoms with Gasteiger partial charge in [0.25, 0.3) is 0 Å². The number of hydrogen-bond acceptors (Lipinski definition) is 4. The van der Waals surface area contributed by atoms with Gasteiger partial charge in [-0.3, -0.25) is 15.6 Å². The summed E-state index contributed by atoms with van der Waals surface area (Å²) in [5, 5.41) is 0. The molecule has 2 N–H and O–H groups in total. The van der Waals surface area contributed by atoms with Crippen LogP contribution in [0.5, 0.6) is 0 Å². The Kier molecular flexibility index (Phi) is 4.36. The molecule has 1 fully saturated rings. The van der Waals surface area contributed by atoms with Gasteiger partial charge in [-0.05, 0) is 43.9 Å². The number of amides is 1. The van der Waals surface area contributed by atoms with Crippen LogP contribution in [-0.2, 0) is 11.0 Å². The van der Waals surface area contributed by atoms with Gasteiger partial charge in [0.15, 0.2) is 0 Å². The zero-order chi connectivity index (χ0) is 18.2. The molecule has 0 spiro atoms. The number of aryl methyl sites for hydroxylation is 2.